The van der Waals surface area contributed by atoms with Crippen LogP contribution in [0.5, 0.6) is 0 Å². The molecule has 0 atom stereocenters. The van der Waals surface area contributed by atoms with Gasteiger partial charge >= 0.3 is 0 Å². The van der Waals surface area contributed by atoms with Crippen molar-refractivity contribution in [3.05, 3.63) is 58.2 Å². The van der Waals surface area contributed by atoms with Gasteiger partial charge in [0, 0.05) is 27.7 Å². The number of ketones is 1. The first-order valence-electron chi connectivity index (χ1n) is 6.13. The third-order valence-corrected chi connectivity index (χ3v) is 4.08. The van der Waals surface area contributed by atoms with Crippen molar-refractivity contribution in [2.45, 2.75) is 6.92 Å². The van der Waals surface area contributed by atoms with Gasteiger partial charge in [0.15, 0.2) is 5.78 Å². The zero-order chi connectivity index (χ0) is 13.1. The van der Waals surface area contributed by atoms with Crippen molar-refractivity contribution < 1.29 is 4.79 Å². The van der Waals surface area contributed by atoms with Crippen molar-refractivity contribution in [3.63, 3.8) is 0 Å². The molecule has 0 radical (unpaired) electrons. The number of aromatic nitrogens is 1. The Morgan fingerprint density at radius 3 is 2.53 bits per heavy atom. The summed E-state index contributed by atoms with van der Waals surface area (Å²) in [5, 5.41) is 1.47. The number of carbonyl (C=O) groups is 1. The van der Waals surface area contributed by atoms with Gasteiger partial charge in [-0.3, -0.25) is 4.79 Å². The van der Waals surface area contributed by atoms with Gasteiger partial charge in [-0.05, 0) is 24.6 Å². The van der Waals surface area contributed by atoms with Gasteiger partial charge in [-0.2, -0.15) is 0 Å². The summed E-state index contributed by atoms with van der Waals surface area (Å²) in [6.45, 7) is 2.03. The summed E-state index contributed by atoms with van der Waals surface area (Å²) < 4.78 is 0. The van der Waals surface area contributed by atoms with Crippen LogP contribution in [0.3, 0.4) is 0 Å². The van der Waals surface area contributed by atoms with E-state index in [9.17, 15) is 4.79 Å². The predicted molar refractivity (Wildman–Crippen MR) is 76.9 cm³/mol. The van der Waals surface area contributed by atoms with Crippen LogP contribution in [-0.2, 0) is 0 Å². The normalized spacial score (nSPS) is 12.8. The van der Waals surface area contributed by atoms with Gasteiger partial charge < -0.3 is 4.98 Å². The Morgan fingerprint density at radius 2 is 1.74 bits per heavy atom. The molecule has 1 aliphatic rings. The number of halogens is 1. The van der Waals surface area contributed by atoms with Crippen LogP contribution in [0.15, 0.2) is 36.4 Å². The number of fused-ring (bicyclic) bond motifs is 2. The number of H-pyrrole nitrogens is 1. The van der Waals surface area contributed by atoms with E-state index in [0.717, 1.165) is 33.3 Å². The Labute approximate surface area is 115 Å². The number of aryl methyl sites for hydroxylation is 1. The largest absolute Gasteiger partial charge is 0.358 e. The number of hydrogen-bond donors (Lipinski definition) is 1. The molecule has 1 heterocycles. The molecule has 2 nitrogen and oxygen atoms in total. The fourth-order valence-electron chi connectivity index (χ4n) is 2.99. The van der Waals surface area contributed by atoms with Gasteiger partial charge in [-0.1, -0.05) is 35.9 Å². The van der Waals surface area contributed by atoms with Crippen molar-refractivity contribution in [1.82, 2.24) is 4.98 Å². The van der Waals surface area contributed by atoms with Crippen LogP contribution in [0.1, 0.15) is 21.6 Å². The lowest BCUT2D eigenvalue weighted by atomic mass is 9.85. The number of benzene rings is 2. The highest BCUT2D eigenvalue weighted by atomic mass is 35.5. The Bertz CT molecular complexity index is 861. The summed E-state index contributed by atoms with van der Waals surface area (Å²) in [7, 11) is 0. The molecular weight excluding hydrogens is 258 g/mol. The molecule has 1 N–H and O–H groups in total. The van der Waals surface area contributed by atoms with Gasteiger partial charge in [0.2, 0.25) is 0 Å². The molecule has 0 bridgehead atoms. The van der Waals surface area contributed by atoms with E-state index in [1.807, 2.05) is 37.3 Å². The van der Waals surface area contributed by atoms with E-state index in [0.29, 0.717) is 10.6 Å². The van der Waals surface area contributed by atoms with Crippen molar-refractivity contribution in [1.29, 1.82) is 0 Å². The number of hydrogen-bond acceptors (Lipinski definition) is 1. The lowest BCUT2D eigenvalue weighted by Gasteiger charge is -2.17. The van der Waals surface area contributed by atoms with E-state index in [2.05, 4.69) is 4.98 Å². The lowest BCUT2D eigenvalue weighted by molar-refractivity contribution is 0.104. The smallest absolute Gasteiger partial charge is 0.195 e. The average Bonchev–Trinajstić information content (AvgIpc) is 2.74. The highest BCUT2D eigenvalue weighted by molar-refractivity contribution is 6.39. The molecule has 1 aliphatic carbocycles. The molecule has 92 valence electrons. The fourth-order valence-corrected chi connectivity index (χ4v) is 3.23. The summed E-state index contributed by atoms with van der Waals surface area (Å²) in [5.74, 6) is 0.0118. The van der Waals surface area contributed by atoms with Gasteiger partial charge in [-0.25, -0.2) is 0 Å². The SMILES string of the molecule is Cc1[nH]c2ccc(Cl)c3c2c1-c1ccccc1C3=O. The molecular formula is C16H10ClNO. The van der Waals surface area contributed by atoms with Crippen molar-refractivity contribution in [2.24, 2.45) is 0 Å². The maximum atomic E-state index is 12.6. The predicted octanol–water partition coefficient (Wildman–Crippen LogP) is 4.34. The van der Waals surface area contributed by atoms with Gasteiger partial charge in [0.05, 0.1) is 10.6 Å². The Hall–Kier alpha value is -2.06. The maximum absolute atomic E-state index is 12.6. The zero-order valence-electron chi connectivity index (χ0n) is 10.3. The molecule has 0 unspecified atom stereocenters. The first-order valence-corrected chi connectivity index (χ1v) is 6.51. The molecule has 0 fully saturated rings. The molecule has 2 aromatic carbocycles. The average molecular weight is 268 g/mol. The minimum atomic E-state index is 0.0118. The van der Waals surface area contributed by atoms with Crippen LogP contribution in [-0.4, -0.2) is 10.8 Å². The molecule has 0 aliphatic heterocycles. The monoisotopic (exact) mass is 267 g/mol. The molecule has 0 amide bonds. The summed E-state index contributed by atoms with van der Waals surface area (Å²) in [5.41, 5.74) is 5.48. The molecule has 1 aromatic heterocycles. The van der Waals surface area contributed by atoms with Crippen LogP contribution in [0.25, 0.3) is 22.0 Å². The van der Waals surface area contributed by atoms with E-state index < -0.39 is 0 Å². The molecule has 3 aromatic rings. The second-order valence-electron chi connectivity index (χ2n) is 4.84. The van der Waals surface area contributed by atoms with Crippen LogP contribution >= 0.6 is 11.6 Å². The lowest BCUT2D eigenvalue weighted by Crippen LogP contribution is -2.09. The summed E-state index contributed by atoms with van der Waals surface area (Å²) in [6, 6.07) is 11.4. The third kappa shape index (κ3) is 1.24. The summed E-state index contributed by atoms with van der Waals surface area (Å²) in [4.78, 5) is 16.0. The topological polar surface area (TPSA) is 32.9 Å². The van der Waals surface area contributed by atoms with Crippen LogP contribution in [0, 0.1) is 6.92 Å². The van der Waals surface area contributed by atoms with E-state index in [1.54, 1.807) is 6.07 Å². The molecule has 0 saturated carbocycles. The Kier molecular flexibility index (Phi) is 1.99. The number of nitrogens with one attached hydrogen (secondary N) is 1. The quantitative estimate of drug-likeness (QED) is 0.505. The van der Waals surface area contributed by atoms with E-state index in [4.69, 9.17) is 11.6 Å². The van der Waals surface area contributed by atoms with Crippen LogP contribution in [0.4, 0.5) is 0 Å². The summed E-state index contributed by atoms with van der Waals surface area (Å²) >= 11 is 6.25. The second-order valence-corrected chi connectivity index (χ2v) is 5.25. The standard InChI is InChI=1S/C16H10ClNO/c1-8-13-9-4-2-3-5-10(9)16(19)14-11(17)6-7-12(18-8)15(13)14/h2-7,18H,1H3. The molecule has 19 heavy (non-hydrogen) atoms. The van der Waals surface area contributed by atoms with E-state index in [1.165, 1.54) is 0 Å². The molecule has 4 rings (SSSR count). The van der Waals surface area contributed by atoms with Gasteiger partial charge in [-0.15, -0.1) is 0 Å². The van der Waals surface area contributed by atoms with Gasteiger partial charge in [0.1, 0.15) is 0 Å². The Balaban J connectivity index is 2.31. The first-order chi connectivity index (χ1) is 9.18. The van der Waals surface area contributed by atoms with Crippen molar-refractivity contribution >= 4 is 28.3 Å². The zero-order valence-corrected chi connectivity index (χ0v) is 11.0. The number of carbonyl (C=O) groups excluding carboxylic acids is 1. The first kappa shape index (κ1) is 10.8. The van der Waals surface area contributed by atoms with Gasteiger partial charge in [0.25, 0.3) is 0 Å². The van der Waals surface area contributed by atoms with Crippen molar-refractivity contribution in [2.75, 3.05) is 0 Å². The molecule has 0 saturated heterocycles. The second kappa shape index (κ2) is 3.49. The van der Waals surface area contributed by atoms with Crippen LogP contribution < -0.4 is 0 Å². The van der Waals surface area contributed by atoms with E-state index in [-0.39, 0.29) is 5.78 Å². The molecule has 3 heteroatoms. The molecule has 0 spiro atoms. The highest BCUT2D eigenvalue weighted by Gasteiger charge is 2.29. The minimum absolute atomic E-state index is 0.0118. The number of rotatable bonds is 0. The van der Waals surface area contributed by atoms with Crippen molar-refractivity contribution in [3.8, 4) is 11.1 Å². The number of aromatic amines is 1. The minimum Gasteiger partial charge on any atom is -0.358 e. The fraction of sp³-hybridized carbons (Fsp3) is 0.0625. The highest BCUT2D eigenvalue weighted by Crippen LogP contribution is 2.43. The van der Waals surface area contributed by atoms with Crippen LogP contribution in [0.2, 0.25) is 5.02 Å². The Morgan fingerprint density at radius 1 is 1.00 bits per heavy atom. The van der Waals surface area contributed by atoms with E-state index >= 15 is 0 Å². The maximum Gasteiger partial charge on any atom is 0.195 e. The third-order valence-electron chi connectivity index (χ3n) is 3.77. The summed E-state index contributed by atoms with van der Waals surface area (Å²) in [6.07, 6.45) is 0.